The molecule has 174 valence electrons. The molecule has 2 amide bonds. The first-order valence-electron chi connectivity index (χ1n) is 10.5. The number of nitrogens with zero attached hydrogens (tertiary/aromatic N) is 1. The second kappa shape index (κ2) is 10.6. The first kappa shape index (κ1) is 24.2. The lowest BCUT2D eigenvalue weighted by molar-refractivity contribution is -0.113. The number of aryl methyl sites for hydroxylation is 1. The Balaban J connectivity index is 1.60. The van der Waals surface area contributed by atoms with Crippen LogP contribution in [0.1, 0.15) is 23.6 Å². The second-order valence-corrected chi connectivity index (χ2v) is 9.37. The summed E-state index contributed by atoms with van der Waals surface area (Å²) in [5.41, 5.74) is 3.21. The number of carbonyl (C=O) groups excluding carboxylic acids is 2. The van der Waals surface area contributed by atoms with Gasteiger partial charge in [0, 0.05) is 5.02 Å². The van der Waals surface area contributed by atoms with Crippen molar-refractivity contribution in [2.24, 2.45) is 0 Å². The Labute approximate surface area is 212 Å². The van der Waals surface area contributed by atoms with Gasteiger partial charge in [0.2, 0.25) is 0 Å². The van der Waals surface area contributed by atoms with Crippen molar-refractivity contribution in [3.8, 4) is 11.5 Å². The molecule has 34 heavy (non-hydrogen) atoms. The number of amides is 2. The van der Waals surface area contributed by atoms with Crippen LogP contribution in [0, 0.1) is 6.92 Å². The fraction of sp³-hybridized carbons (Fsp3) is 0.154. The van der Waals surface area contributed by atoms with Gasteiger partial charge >= 0.3 is 0 Å². The maximum Gasteiger partial charge on any atom is 0.298 e. The summed E-state index contributed by atoms with van der Waals surface area (Å²) in [5, 5.41) is 0.390. The number of carbonyl (C=O) groups is 2. The molecule has 0 saturated carbocycles. The van der Waals surface area contributed by atoms with E-state index >= 15 is 0 Å². The number of thioether (sulfide) groups is 1. The maximum atomic E-state index is 13.0. The number of imide groups is 1. The molecule has 0 bridgehead atoms. The molecule has 0 spiro atoms. The van der Waals surface area contributed by atoms with Crippen LogP contribution in [-0.2, 0) is 11.4 Å². The normalized spacial score (nSPS) is 14.7. The molecule has 0 N–H and O–H groups in total. The molecule has 1 saturated heterocycles. The Morgan fingerprint density at radius 3 is 2.47 bits per heavy atom. The molecule has 8 heteroatoms. The molecular formula is C26H21Cl2NO4S. The molecule has 0 unspecified atom stereocenters. The smallest absolute Gasteiger partial charge is 0.298 e. The highest BCUT2D eigenvalue weighted by Gasteiger charge is 2.36. The number of anilines is 1. The highest BCUT2D eigenvalue weighted by atomic mass is 35.5. The second-order valence-electron chi connectivity index (χ2n) is 7.53. The van der Waals surface area contributed by atoms with Gasteiger partial charge in [0.15, 0.2) is 11.5 Å². The Morgan fingerprint density at radius 2 is 1.76 bits per heavy atom. The van der Waals surface area contributed by atoms with Gasteiger partial charge in [-0.2, -0.15) is 0 Å². The average molecular weight is 514 g/mol. The summed E-state index contributed by atoms with van der Waals surface area (Å²) in [6.45, 7) is 4.63. The molecule has 1 fully saturated rings. The van der Waals surface area contributed by atoms with Gasteiger partial charge in [-0.15, -0.1) is 0 Å². The fourth-order valence-corrected chi connectivity index (χ4v) is 4.67. The van der Waals surface area contributed by atoms with Gasteiger partial charge in [0.1, 0.15) is 6.61 Å². The van der Waals surface area contributed by atoms with E-state index in [0.29, 0.717) is 46.0 Å². The van der Waals surface area contributed by atoms with E-state index in [2.05, 4.69) is 0 Å². The van der Waals surface area contributed by atoms with Crippen LogP contribution in [0.25, 0.3) is 6.08 Å². The van der Waals surface area contributed by atoms with Crippen LogP contribution in [0.15, 0.2) is 65.6 Å². The predicted molar refractivity (Wildman–Crippen MR) is 138 cm³/mol. The average Bonchev–Trinajstić information content (AvgIpc) is 3.07. The van der Waals surface area contributed by atoms with Gasteiger partial charge in [-0.05, 0) is 73.1 Å². The summed E-state index contributed by atoms with van der Waals surface area (Å²) in [6, 6.07) is 18.1. The van der Waals surface area contributed by atoms with Crippen LogP contribution in [0.4, 0.5) is 10.5 Å². The summed E-state index contributed by atoms with van der Waals surface area (Å²) in [6.07, 6.45) is 1.62. The molecule has 0 aliphatic carbocycles. The number of halogens is 2. The highest BCUT2D eigenvalue weighted by molar-refractivity contribution is 8.19. The minimum Gasteiger partial charge on any atom is -0.490 e. The van der Waals surface area contributed by atoms with E-state index in [1.807, 2.05) is 38.1 Å². The lowest BCUT2D eigenvalue weighted by Crippen LogP contribution is -2.27. The molecule has 0 atom stereocenters. The number of benzene rings is 3. The largest absolute Gasteiger partial charge is 0.490 e. The quantitative estimate of drug-likeness (QED) is 0.305. The molecule has 0 radical (unpaired) electrons. The summed E-state index contributed by atoms with van der Waals surface area (Å²) in [4.78, 5) is 26.9. The third kappa shape index (κ3) is 5.41. The van der Waals surface area contributed by atoms with Crippen molar-refractivity contribution >= 4 is 57.9 Å². The van der Waals surface area contributed by atoms with E-state index in [1.165, 1.54) is 5.56 Å². The Hall–Kier alpha value is -2.93. The van der Waals surface area contributed by atoms with Crippen LogP contribution < -0.4 is 14.4 Å². The highest BCUT2D eigenvalue weighted by Crippen LogP contribution is 2.40. The van der Waals surface area contributed by atoms with Crippen LogP contribution in [0.5, 0.6) is 11.5 Å². The van der Waals surface area contributed by atoms with Crippen LogP contribution in [0.2, 0.25) is 10.0 Å². The van der Waals surface area contributed by atoms with Crippen LogP contribution in [0.3, 0.4) is 0 Å². The van der Waals surface area contributed by atoms with Gasteiger partial charge in [-0.25, -0.2) is 4.90 Å². The van der Waals surface area contributed by atoms with Crippen molar-refractivity contribution in [1.82, 2.24) is 0 Å². The van der Waals surface area contributed by atoms with Crippen molar-refractivity contribution in [2.45, 2.75) is 20.5 Å². The van der Waals surface area contributed by atoms with Crippen LogP contribution >= 0.6 is 35.0 Å². The van der Waals surface area contributed by atoms with E-state index in [-0.39, 0.29) is 4.91 Å². The van der Waals surface area contributed by atoms with E-state index in [0.717, 1.165) is 22.2 Å². The Bertz CT molecular complexity index is 1270. The van der Waals surface area contributed by atoms with E-state index in [4.69, 9.17) is 32.7 Å². The Morgan fingerprint density at radius 1 is 1.00 bits per heavy atom. The fourth-order valence-electron chi connectivity index (χ4n) is 3.37. The van der Waals surface area contributed by atoms with E-state index in [9.17, 15) is 9.59 Å². The summed E-state index contributed by atoms with van der Waals surface area (Å²) >= 11 is 13.4. The van der Waals surface area contributed by atoms with Gasteiger partial charge in [-0.3, -0.25) is 9.59 Å². The summed E-state index contributed by atoms with van der Waals surface area (Å²) < 4.78 is 11.7. The van der Waals surface area contributed by atoms with E-state index < -0.39 is 11.1 Å². The zero-order chi connectivity index (χ0) is 24.2. The standard InChI is InChI=1S/C26H21Cl2NO4S/c1-3-32-22-12-18(11-21(28)24(22)33-15-17-9-7-16(2)8-10-17)13-23-25(30)29(26(31)34-23)20-6-4-5-19(27)14-20/h4-14H,3,15H2,1-2H3/b23-13+. The SMILES string of the molecule is CCOc1cc(/C=C2/SC(=O)N(c3cccc(Cl)c3)C2=O)cc(Cl)c1OCc1ccc(C)cc1. The first-order valence-corrected chi connectivity index (χ1v) is 12.1. The molecule has 0 aromatic heterocycles. The zero-order valence-electron chi connectivity index (χ0n) is 18.5. The molecule has 5 nitrogen and oxygen atoms in total. The minimum atomic E-state index is -0.425. The predicted octanol–water partition coefficient (Wildman–Crippen LogP) is 7.52. The van der Waals surface area contributed by atoms with Crippen molar-refractivity contribution in [3.05, 3.63) is 92.3 Å². The summed E-state index contributed by atoms with van der Waals surface area (Å²) in [5.74, 6) is 0.460. The Kier molecular flexibility index (Phi) is 7.51. The van der Waals surface area contributed by atoms with Crippen molar-refractivity contribution in [3.63, 3.8) is 0 Å². The lowest BCUT2D eigenvalue weighted by Gasteiger charge is -2.15. The van der Waals surface area contributed by atoms with Gasteiger partial charge in [0.05, 0.1) is 22.2 Å². The molecule has 4 rings (SSSR count). The third-order valence-electron chi connectivity index (χ3n) is 4.99. The monoisotopic (exact) mass is 513 g/mol. The number of ether oxygens (including phenoxy) is 2. The third-order valence-corrected chi connectivity index (χ3v) is 6.38. The molecule has 1 aliphatic rings. The van der Waals surface area contributed by atoms with Gasteiger partial charge in [0.25, 0.3) is 11.1 Å². The molecular weight excluding hydrogens is 493 g/mol. The van der Waals surface area contributed by atoms with Crippen molar-refractivity contribution in [1.29, 1.82) is 0 Å². The number of rotatable bonds is 7. The number of hydrogen-bond acceptors (Lipinski definition) is 5. The van der Waals surface area contributed by atoms with Crippen LogP contribution in [-0.4, -0.2) is 17.8 Å². The lowest BCUT2D eigenvalue weighted by atomic mass is 10.1. The van der Waals surface area contributed by atoms with Gasteiger partial charge in [-0.1, -0.05) is 59.1 Å². The van der Waals surface area contributed by atoms with Gasteiger partial charge < -0.3 is 9.47 Å². The molecule has 1 heterocycles. The topological polar surface area (TPSA) is 55.8 Å². The number of hydrogen-bond donors (Lipinski definition) is 0. The molecule has 3 aromatic rings. The molecule has 3 aromatic carbocycles. The van der Waals surface area contributed by atoms with Crippen molar-refractivity contribution in [2.75, 3.05) is 11.5 Å². The van der Waals surface area contributed by atoms with Crippen molar-refractivity contribution < 1.29 is 19.1 Å². The summed E-state index contributed by atoms with van der Waals surface area (Å²) in [7, 11) is 0. The minimum absolute atomic E-state index is 0.275. The molecule has 1 aliphatic heterocycles. The van der Waals surface area contributed by atoms with E-state index in [1.54, 1.807) is 42.5 Å². The maximum absolute atomic E-state index is 13.0. The zero-order valence-corrected chi connectivity index (χ0v) is 20.8. The first-order chi connectivity index (χ1) is 16.4.